The molecule has 116 valence electrons. The first-order chi connectivity index (χ1) is 10.0. The normalized spacial score (nSPS) is 14.6. The number of carbonyl (C=O) groups is 1. The first-order valence-corrected chi connectivity index (χ1v) is 7.59. The Kier molecular flexibility index (Phi) is 5.55. The first-order valence-electron chi connectivity index (χ1n) is 7.21. The lowest BCUT2D eigenvalue weighted by molar-refractivity contribution is -0.119. The molecule has 1 amide bonds. The largest absolute Gasteiger partial charge is 0.354 e. The zero-order chi connectivity index (χ0) is 15.2. The minimum Gasteiger partial charge on any atom is -0.354 e. The van der Waals surface area contributed by atoms with E-state index in [9.17, 15) is 4.79 Å². The molecule has 1 aliphatic heterocycles. The van der Waals surface area contributed by atoms with Crippen LogP contribution in [0.4, 0.5) is 11.9 Å². The number of aromatic nitrogens is 3. The van der Waals surface area contributed by atoms with Crippen molar-refractivity contribution in [3.05, 3.63) is 5.28 Å². The molecule has 0 atom stereocenters. The van der Waals surface area contributed by atoms with Crippen LogP contribution in [0.2, 0.25) is 5.28 Å². The monoisotopic (exact) mass is 312 g/mol. The fraction of sp³-hybridized carbons (Fsp3) is 0.692. The highest BCUT2D eigenvalue weighted by atomic mass is 35.5. The summed E-state index contributed by atoms with van der Waals surface area (Å²) in [6.45, 7) is 6.71. The van der Waals surface area contributed by atoms with E-state index < -0.39 is 0 Å². The number of hydrogen-bond donors (Lipinski definition) is 2. The third-order valence-electron chi connectivity index (χ3n) is 3.10. The van der Waals surface area contributed by atoms with Gasteiger partial charge in [-0.1, -0.05) is 13.8 Å². The third kappa shape index (κ3) is 5.00. The lowest BCUT2D eigenvalue weighted by Crippen LogP contribution is -2.33. The van der Waals surface area contributed by atoms with Crippen molar-refractivity contribution in [3.63, 3.8) is 0 Å². The van der Waals surface area contributed by atoms with E-state index in [2.05, 4.69) is 30.5 Å². The van der Waals surface area contributed by atoms with Gasteiger partial charge in [0.1, 0.15) is 0 Å². The van der Waals surface area contributed by atoms with Gasteiger partial charge in [0.15, 0.2) is 0 Å². The fourth-order valence-electron chi connectivity index (χ4n) is 2.02. The second-order valence-corrected chi connectivity index (χ2v) is 5.81. The molecule has 21 heavy (non-hydrogen) atoms. The Morgan fingerprint density at radius 1 is 1.29 bits per heavy atom. The summed E-state index contributed by atoms with van der Waals surface area (Å²) in [5.74, 6) is 1.22. The average molecular weight is 313 g/mol. The van der Waals surface area contributed by atoms with Gasteiger partial charge in [-0.3, -0.25) is 4.79 Å². The SMILES string of the molecule is CC(C)CNC(=O)CNc1nc(Cl)nc(N2CCCC2)n1. The Hall–Kier alpha value is -1.63. The van der Waals surface area contributed by atoms with Gasteiger partial charge in [-0.25, -0.2) is 0 Å². The molecule has 0 spiro atoms. The molecular formula is C13H21ClN6O. The molecule has 8 heteroatoms. The van der Waals surface area contributed by atoms with Crippen LogP contribution in [0.3, 0.4) is 0 Å². The van der Waals surface area contributed by atoms with Crippen molar-refractivity contribution >= 4 is 29.4 Å². The number of rotatable bonds is 6. The number of amides is 1. The smallest absolute Gasteiger partial charge is 0.239 e. The van der Waals surface area contributed by atoms with Crippen LogP contribution in [0.5, 0.6) is 0 Å². The van der Waals surface area contributed by atoms with Crippen LogP contribution < -0.4 is 15.5 Å². The zero-order valence-corrected chi connectivity index (χ0v) is 13.2. The van der Waals surface area contributed by atoms with Crippen LogP contribution in [0.1, 0.15) is 26.7 Å². The van der Waals surface area contributed by atoms with E-state index in [1.165, 1.54) is 0 Å². The highest BCUT2D eigenvalue weighted by molar-refractivity contribution is 6.28. The van der Waals surface area contributed by atoms with Crippen LogP contribution in [0.25, 0.3) is 0 Å². The van der Waals surface area contributed by atoms with E-state index in [1.807, 2.05) is 13.8 Å². The second kappa shape index (κ2) is 7.40. The first kappa shape index (κ1) is 15.8. The molecule has 0 aliphatic carbocycles. The average Bonchev–Trinajstić information content (AvgIpc) is 2.96. The number of nitrogens with one attached hydrogen (secondary N) is 2. The molecule has 0 radical (unpaired) electrons. The number of hydrogen-bond acceptors (Lipinski definition) is 6. The highest BCUT2D eigenvalue weighted by Gasteiger charge is 2.17. The molecule has 0 aromatic carbocycles. The Labute approximate surface area is 129 Å². The third-order valence-corrected chi connectivity index (χ3v) is 3.27. The predicted octanol–water partition coefficient (Wildman–Crippen LogP) is 1.31. The van der Waals surface area contributed by atoms with E-state index in [-0.39, 0.29) is 17.7 Å². The van der Waals surface area contributed by atoms with Crippen molar-refractivity contribution in [2.45, 2.75) is 26.7 Å². The molecule has 2 heterocycles. The van der Waals surface area contributed by atoms with Gasteiger partial charge in [0.25, 0.3) is 0 Å². The summed E-state index contributed by atoms with van der Waals surface area (Å²) in [4.78, 5) is 26.2. The van der Waals surface area contributed by atoms with Crippen molar-refractivity contribution in [1.82, 2.24) is 20.3 Å². The van der Waals surface area contributed by atoms with Gasteiger partial charge >= 0.3 is 0 Å². The van der Waals surface area contributed by atoms with Crippen molar-refractivity contribution in [2.24, 2.45) is 5.92 Å². The minimum absolute atomic E-state index is 0.0945. The van der Waals surface area contributed by atoms with Gasteiger partial charge in [0.2, 0.25) is 23.1 Å². The Balaban J connectivity index is 1.92. The minimum atomic E-state index is -0.0945. The van der Waals surface area contributed by atoms with Crippen LogP contribution in [0, 0.1) is 5.92 Å². The van der Waals surface area contributed by atoms with Crippen molar-refractivity contribution in [2.75, 3.05) is 36.4 Å². The predicted molar refractivity (Wildman–Crippen MR) is 82.6 cm³/mol. The standard InChI is InChI=1S/C13H21ClN6O/c1-9(2)7-15-10(21)8-16-12-17-11(14)18-13(19-12)20-5-3-4-6-20/h9H,3-8H2,1-2H3,(H,15,21)(H,16,17,18,19). The maximum absolute atomic E-state index is 11.7. The highest BCUT2D eigenvalue weighted by Crippen LogP contribution is 2.18. The summed E-state index contributed by atoms with van der Waals surface area (Å²) in [5, 5.41) is 5.84. The topological polar surface area (TPSA) is 83.0 Å². The molecule has 1 aromatic rings. The molecule has 2 N–H and O–H groups in total. The van der Waals surface area contributed by atoms with Crippen molar-refractivity contribution in [3.8, 4) is 0 Å². The molecule has 0 unspecified atom stereocenters. The Morgan fingerprint density at radius 2 is 2.00 bits per heavy atom. The van der Waals surface area contributed by atoms with E-state index in [4.69, 9.17) is 11.6 Å². The van der Waals surface area contributed by atoms with E-state index in [1.54, 1.807) is 0 Å². The molecule has 1 saturated heterocycles. The summed E-state index contributed by atoms with van der Waals surface area (Å²) >= 11 is 5.92. The van der Waals surface area contributed by atoms with Gasteiger partial charge in [0, 0.05) is 19.6 Å². The molecule has 2 rings (SSSR count). The molecule has 1 aliphatic rings. The van der Waals surface area contributed by atoms with E-state index in [0.717, 1.165) is 25.9 Å². The Morgan fingerprint density at radius 3 is 2.67 bits per heavy atom. The molecule has 0 bridgehead atoms. The number of nitrogens with zero attached hydrogens (tertiary/aromatic N) is 4. The molecule has 1 fully saturated rings. The Bertz CT molecular complexity index is 490. The number of halogens is 1. The number of anilines is 2. The van der Waals surface area contributed by atoms with E-state index >= 15 is 0 Å². The summed E-state index contributed by atoms with van der Waals surface area (Å²) in [7, 11) is 0. The van der Waals surface area contributed by atoms with Gasteiger partial charge in [0.05, 0.1) is 6.54 Å². The van der Waals surface area contributed by atoms with Crippen LogP contribution in [0.15, 0.2) is 0 Å². The maximum atomic E-state index is 11.7. The van der Waals surface area contributed by atoms with Gasteiger partial charge in [-0.2, -0.15) is 15.0 Å². The lowest BCUT2D eigenvalue weighted by atomic mass is 10.2. The fourth-order valence-corrected chi connectivity index (χ4v) is 2.17. The van der Waals surface area contributed by atoms with Crippen LogP contribution in [-0.2, 0) is 4.79 Å². The zero-order valence-electron chi connectivity index (χ0n) is 12.4. The van der Waals surface area contributed by atoms with Gasteiger partial charge < -0.3 is 15.5 Å². The van der Waals surface area contributed by atoms with Crippen LogP contribution >= 0.6 is 11.6 Å². The summed E-state index contributed by atoms with van der Waals surface area (Å²) in [6, 6.07) is 0. The summed E-state index contributed by atoms with van der Waals surface area (Å²) in [5.41, 5.74) is 0. The molecule has 7 nitrogen and oxygen atoms in total. The molecule has 1 aromatic heterocycles. The second-order valence-electron chi connectivity index (χ2n) is 5.47. The van der Waals surface area contributed by atoms with Crippen molar-refractivity contribution in [1.29, 1.82) is 0 Å². The lowest BCUT2D eigenvalue weighted by Gasteiger charge is -2.15. The van der Waals surface area contributed by atoms with Crippen LogP contribution in [-0.4, -0.2) is 47.0 Å². The van der Waals surface area contributed by atoms with Gasteiger partial charge in [-0.15, -0.1) is 0 Å². The van der Waals surface area contributed by atoms with E-state index in [0.29, 0.717) is 24.4 Å². The molecular weight excluding hydrogens is 292 g/mol. The van der Waals surface area contributed by atoms with Gasteiger partial charge in [-0.05, 0) is 30.4 Å². The maximum Gasteiger partial charge on any atom is 0.239 e. The number of carbonyl (C=O) groups excluding carboxylic acids is 1. The molecule has 0 saturated carbocycles. The van der Waals surface area contributed by atoms with Crippen molar-refractivity contribution < 1.29 is 4.79 Å². The summed E-state index contributed by atoms with van der Waals surface area (Å²) in [6.07, 6.45) is 2.26. The summed E-state index contributed by atoms with van der Waals surface area (Å²) < 4.78 is 0. The quantitative estimate of drug-likeness (QED) is 0.824.